The minimum Gasteiger partial charge on any atom is -0.382 e. The van der Waals surface area contributed by atoms with Gasteiger partial charge in [-0.05, 0) is 49.4 Å². The lowest BCUT2D eigenvalue weighted by molar-refractivity contribution is -0.119. The van der Waals surface area contributed by atoms with Crippen LogP contribution in [-0.2, 0) is 9.53 Å². The van der Waals surface area contributed by atoms with E-state index in [-0.39, 0.29) is 12.5 Å². The predicted molar refractivity (Wildman–Crippen MR) is 82.0 cm³/mol. The molecule has 0 aliphatic heterocycles. The number of ether oxygens (including phenoxy) is 1. The molecule has 0 heterocycles. The molecule has 2 unspecified atom stereocenters. The van der Waals surface area contributed by atoms with Gasteiger partial charge in [0.05, 0.1) is 0 Å². The number of rotatable bonds is 6. The van der Waals surface area contributed by atoms with Gasteiger partial charge in [0.15, 0.2) is 0 Å². The fourth-order valence-electron chi connectivity index (χ4n) is 2.79. The largest absolute Gasteiger partial charge is 0.382 e. The number of methoxy groups -OCH3 is 1. The highest BCUT2D eigenvalue weighted by molar-refractivity contribution is 5.91. The maximum absolute atomic E-state index is 11.4. The Morgan fingerprint density at radius 1 is 1.25 bits per heavy atom. The van der Waals surface area contributed by atoms with Crippen LogP contribution in [0, 0.1) is 5.92 Å². The molecule has 1 amide bonds. The van der Waals surface area contributed by atoms with Crippen molar-refractivity contribution in [3.05, 3.63) is 24.3 Å². The molecule has 4 nitrogen and oxygen atoms in total. The van der Waals surface area contributed by atoms with E-state index < -0.39 is 0 Å². The molecule has 0 radical (unpaired) electrons. The zero-order valence-corrected chi connectivity index (χ0v) is 12.3. The molecule has 2 rings (SSSR count). The second-order valence-corrected chi connectivity index (χ2v) is 5.49. The molecular weight excluding hydrogens is 252 g/mol. The molecular formula is C16H24N2O2. The topological polar surface area (TPSA) is 50.4 Å². The molecule has 0 aromatic heterocycles. The second-order valence-electron chi connectivity index (χ2n) is 5.49. The van der Waals surface area contributed by atoms with Gasteiger partial charge in [-0.2, -0.15) is 0 Å². The van der Waals surface area contributed by atoms with Crippen molar-refractivity contribution in [1.82, 2.24) is 0 Å². The first-order valence-electron chi connectivity index (χ1n) is 7.36. The zero-order chi connectivity index (χ0) is 14.4. The van der Waals surface area contributed by atoms with Gasteiger partial charge in [-0.15, -0.1) is 0 Å². The van der Waals surface area contributed by atoms with Gasteiger partial charge in [0, 0.05) is 24.5 Å². The highest BCUT2D eigenvalue weighted by Gasteiger charge is 2.22. The van der Waals surface area contributed by atoms with Gasteiger partial charge >= 0.3 is 0 Å². The van der Waals surface area contributed by atoms with Crippen molar-refractivity contribution in [2.24, 2.45) is 5.92 Å². The number of benzene rings is 1. The summed E-state index contributed by atoms with van der Waals surface area (Å²) in [5.74, 6) is 0.745. The molecule has 1 saturated carbocycles. The number of carbonyl (C=O) groups excluding carboxylic acids is 1. The van der Waals surface area contributed by atoms with E-state index in [0.29, 0.717) is 6.04 Å². The molecule has 0 saturated heterocycles. The summed E-state index contributed by atoms with van der Waals surface area (Å²) in [6, 6.07) is 8.46. The molecule has 0 spiro atoms. The van der Waals surface area contributed by atoms with E-state index in [1.54, 1.807) is 0 Å². The summed E-state index contributed by atoms with van der Waals surface area (Å²) in [7, 11) is 1.51. The van der Waals surface area contributed by atoms with Crippen molar-refractivity contribution in [3.63, 3.8) is 0 Å². The summed E-state index contributed by atoms with van der Waals surface area (Å²) in [6.45, 7) is 2.35. The van der Waals surface area contributed by atoms with Crippen LogP contribution in [0.4, 0.5) is 11.4 Å². The third kappa shape index (κ3) is 4.23. The van der Waals surface area contributed by atoms with Crippen LogP contribution in [0.15, 0.2) is 24.3 Å². The average Bonchev–Trinajstić information content (AvgIpc) is 2.89. The normalized spacial score (nSPS) is 21.7. The Balaban J connectivity index is 1.84. The van der Waals surface area contributed by atoms with Crippen molar-refractivity contribution in [2.75, 3.05) is 24.4 Å². The molecule has 110 valence electrons. The molecule has 1 fully saturated rings. The standard InChI is InChI=1S/C16H24N2O2/c1-3-12-4-5-15(10-12)17-13-6-8-14(9-7-13)18-16(19)11-20-2/h6-9,12,15,17H,3-5,10-11H2,1-2H3,(H,18,19). The first-order chi connectivity index (χ1) is 9.71. The third-order valence-corrected chi connectivity index (χ3v) is 3.93. The van der Waals surface area contributed by atoms with Crippen LogP contribution in [0.25, 0.3) is 0 Å². The van der Waals surface area contributed by atoms with Gasteiger partial charge in [0.25, 0.3) is 0 Å². The van der Waals surface area contributed by atoms with Crippen LogP contribution in [0.1, 0.15) is 32.6 Å². The fraction of sp³-hybridized carbons (Fsp3) is 0.562. The van der Waals surface area contributed by atoms with Gasteiger partial charge in [-0.1, -0.05) is 13.3 Å². The molecule has 1 aliphatic rings. The Hall–Kier alpha value is -1.55. The van der Waals surface area contributed by atoms with E-state index in [1.165, 1.54) is 32.8 Å². The van der Waals surface area contributed by atoms with Crippen LogP contribution in [0.2, 0.25) is 0 Å². The molecule has 4 heteroatoms. The Morgan fingerprint density at radius 3 is 2.55 bits per heavy atom. The molecule has 2 N–H and O–H groups in total. The van der Waals surface area contributed by atoms with Crippen molar-refractivity contribution in [2.45, 2.75) is 38.6 Å². The number of amides is 1. The Bertz CT molecular complexity index is 431. The van der Waals surface area contributed by atoms with E-state index in [1.807, 2.05) is 24.3 Å². The third-order valence-electron chi connectivity index (χ3n) is 3.93. The summed E-state index contributed by atoms with van der Waals surface area (Å²) >= 11 is 0. The molecule has 0 bridgehead atoms. The average molecular weight is 276 g/mol. The van der Waals surface area contributed by atoms with Gasteiger partial charge in [0.2, 0.25) is 5.91 Å². The van der Waals surface area contributed by atoms with Crippen molar-refractivity contribution in [1.29, 1.82) is 0 Å². The first-order valence-corrected chi connectivity index (χ1v) is 7.36. The van der Waals surface area contributed by atoms with Gasteiger partial charge in [-0.3, -0.25) is 4.79 Å². The lowest BCUT2D eigenvalue weighted by Gasteiger charge is -2.15. The molecule has 1 aliphatic carbocycles. The Kier molecular flexibility index (Phi) is 5.41. The van der Waals surface area contributed by atoms with Crippen LogP contribution in [-0.4, -0.2) is 25.7 Å². The Labute approximate surface area is 120 Å². The highest BCUT2D eigenvalue weighted by atomic mass is 16.5. The van der Waals surface area contributed by atoms with E-state index in [0.717, 1.165) is 17.3 Å². The van der Waals surface area contributed by atoms with Crippen molar-refractivity contribution in [3.8, 4) is 0 Å². The maximum Gasteiger partial charge on any atom is 0.250 e. The van der Waals surface area contributed by atoms with Crippen molar-refractivity contribution < 1.29 is 9.53 Å². The summed E-state index contributed by atoms with van der Waals surface area (Å²) in [6.07, 6.45) is 5.13. The van der Waals surface area contributed by atoms with Crippen LogP contribution in [0.3, 0.4) is 0 Å². The van der Waals surface area contributed by atoms with Crippen molar-refractivity contribution >= 4 is 17.3 Å². The fourth-order valence-corrected chi connectivity index (χ4v) is 2.79. The minimum atomic E-state index is -0.130. The quantitative estimate of drug-likeness (QED) is 0.838. The maximum atomic E-state index is 11.4. The number of nitrogens with one attached hydrogen (secondary N) is 2. The van der Waals surface area contributed by atoms with Gasteiger partial charge < -0.3 is 15.4 Å². The summed E-state index contributed by atoms with van der Waals surface area (Å²) < 4.78 is 4.78. The lowest BCUT2D eigenvalue weighted by atomic mass is 10.1. The van der Waals surface area contributed by atoms with E-state index in [9.17, 15) is 4.79 Å². The summed E-state index contributed by atoms with van der Waals surface area (Å²) in [5.41, 5.74) is 1.92. The number of carbonyl (C=O) groups is 1. The molecule has 1 aromatic rings. The van der Waals surface area contributed by atoms with Gasteiger partial charge in [0.1, 0.15) is 6.61 Å². The summed E-state index contributed by atoms with van der Waals surface area (Å²) in [5, 5.41) is 6.36. The number of hydrogen-bond donors (Lipinski definition) is 2. The summed E-state index contributed by atoms with van der Waals surface area (Å²) in [4.78, 5) is 11.4. The molecule has 20 heavy (non-hydrogen) atoms. The second kappa shape index (κ2) is 7.29. The zero-order valence-electron chi connectivity index (χ0n) is 12.3. The molecule has 2 atom stereocenters. The smallest absolute Gasteiger partial charge is 0.250 e. The minimum absolute atomic E-state index is 0.0838. The SMILES string of the molecule is CCC1CCC(Nc2ccc(NC(=O)COC)cc2)C1. The number of anilines is 2. The van der Waals surface area contributed by atoms with Crippen LogP contribution in [0.5, 0.6) is 0 Å². The van der Waals surface area contributed by atoms with E-state index in [4.69, 9.17) is 4.74 Å². The number of hydrogen-bond acceptors (Lipinski definition) is 3. The lowest BCUT2D eigenvalue weighted by Crippen LogP contribution is -2.17. The first kappa shape index (κ1) is 14.9. The molecule has 1 aromatic carbocycles. The monoisotopic (exact) mass is 276 g/mol. The predicted octanol–water partition coefficient (Wildman–Crippen LogP) is 3.26. The van der Waals surface area contributed by atoms with Crippen LogP contribution < -0.4 is 10.6 Å². The van der Waals surface area contributed by atoms with E-state index >= 15 is 0 Å². The van der Waals surface area contributed by atoms with Gasteiger partial charge in [-0.25, -0.2) is 0 Å². The van der Waals surface area contributed by atoms with Crippen LogP contribution >= 0.6 is 0 Å². The Morgan fingerprint density at radius 2 is 1.95 bits per heavy atom. The highest BCUT2D eigenvalue weighted by Crippen LogP contribution is 2.30. The van der Waals surface area contributed by atoms with E-state index in [2.05, 4.69) is 17.6 Å².